The van der Waals surface area contributed by atoms with Crippen molar-refractivity contribution in [3.05, 3.63) is 24.3 Å². The zero-order chi connectivity index (χ0) is 15.2. The number of carbonyl (C=O) groups is 1. The standard InChI is InChI=1S/C12H15N3O4S/c1-12(2,3)19-11(17)14-15-20(18)10-6-4-9(5-7-10)13-8-16/h4-7,15H,1-3H3,(H,14,17). The van der Waals surface area contributed by atoms with Crippen LogP contribution in [0.25, 0.3) is 0 Å². The molecule has 108 valence electrons. The van der Waals surface area contributed by atoms with E-state index in [9.17, 15) is 13.8 Å². The summed E-state index contributed by atoms with van der Waals surface area (Å²) in [5.74, 6) is 0. The molecule has 1 atom stereocenters. The third kappa shape index (κ3) is 5.75. The van der Waals surface area contributed by atoms with E-state index >= 15 is 0 Å². The molecule has 1 unspecified atom stereocenters. The van der Waals surface area contributed by atoms with E-state index in [1.54, 1.807) is 20.8 Å². The molecule has 0 saturated heterocycles. The lowest BCUT2D eigenvalue weighted by Crippen LogP contribution is -2.41. The van der Waals surface area contributed by atoms with Gasteiger partial charge >= 0.3 is 6.09 Å². The van der Waals surface area contributed by atoms with E-state index in [1.807, 2.05) is 0 Å². The lowest BCUT2D eigenvalue weighted by atomic mass is 10.2. The summed E-state index contributed by atoms with van der Waals surface area (Å²) in [6.07, 6.45) is 0.676. The maximum absolute atomic E-state index is 11.8. The van der Waals surface area contributed by atoms with Crippen molar-refractivity contribution in [3.63, 3.8) is 0 Å². The Kier molecular flexibility index (Phi) is 5.57. The first-order valence-corrected chi connectivity index (χ1v) is 6.81. The van der Waals surface area contributed by atoms with Gasteiger partial charge in [-0.3, -0.25) is 0 Å². The molecule has 1 aromatic rings. The molecule has 0 fully saturated rings. The van der Waals surface area contributed by atoms with Crippen molar-refractivity contribution in [2.45, 2.75) is 31.3 Å². The summed E-state index contributed by atoms with van der Waals surface area (Å²) in [5, 5.41) is 0. The van der Waals surface area contributed by atoms with Gasteiger partial charge in [0.25, 0.3) is 0 Å². The number of ether oxygens (including phenoxy) is 1. The monoisotopic (exact) mass is 297 g/mol. The number of hydrogen-bond donors (Lipinski definition) is 2. The molecule has 8 heteroatoms. The Hall–Kier alpha value is -2.02. The second kappa shape index (κ2) is 6.95. The van der Waals surface area contributed by atoms with Crippen LogP contribution in [0.15, 0.2) is 34.2 Å². The minimum absolute atomic E-state index is 0.404. The second-order valence-corrected chi connectivity index (χ2v) is 5.91. The molecule has 2 N–H and O–H groups in total. The van der Waals surface area contributed by atoms with Gasteiger partial charge in [0.05, 0.1) is 10.6 Å². The zero-order valence-electron chi connectivity index (χ0n) is 11.3. The fourth-order valence-corrected chi connectivity index (χ4v) is 1.82. The molecular weight excluding hydrogens is 282 g/mol. The van der Waals surface area contributed by atoms with E-state index in [2.05, 4.69) is 15.2 Å². The van der Waals surface area contributed by atoms with Crippen LogP contribution in [0.1, 0.15) is 20.8 Å². The highest BCUT2D eigenvalue weighted by Crippen LogP contribution is 2.13. The van der Waals surface area contributed by atoms with E-state index in [0.29, 0.717) is 10.6 Å². The lowest BCUT2D eigenvalue weighted by Gasteiger charge is -2.19. The van der Waals surface area contributed by atoms with Crippen molar-refractivity contribution in [3.8, 4) is 0 Å². The maximum Gasteiger partial charge on any atom is 0.422 e. The van der Waals surface area contributed by atoms with Crippen molar-refractivity contribution in [1.29, 1.82) is 0 Å². The first-order valence-electron chi connectivity index (χ1n) is 5.66. The molecular formula is C12H15N3O4S. The summed E-state index contributed by atoms with van der Waals surface area (Å²) in [6, 6.07) is 6.03. The van der Waals surface area contributed by atoms with Crippen LogP contribution in [0, 0.1) is 0 Å². The third-order valence-corrected chi connectivity index (χ3v) is 2.86. The lowest BCUT2D eigenvalue weighted by molar-refractivity contribution is 0.0516. The number of hydrazine groups is 1. The number of rotatable bonds is 4. The largest absolute Gasteiger partial charge is 0.443 e. The van der Waals surface area contributed by atoms with Gasteiger partial charge in [0.2, 0.25) is 6.08 Å². The van der Waals surface area contributed by atoms with Crippen molar-refractivity contribution >= 4 is 28.8 Å². The van der Waals surface area contributed by atoms with Crippen molar-refractivity contribution in [2.24, 2.45) is 4.99 Å². The number of nitrogens with zero attached hydrogens (tertiary/aromatic N) is 1. The molecule has 0 saturated carbocycles. The molecule has 0 aliphatic carbocycles. The minimum atomic E-state index is -1.65. The highest BCUT2D eigenvalue weighted by molar-refractivity contribution is 7.83. The number of amides is 1. The average Bonchev–Trinajstić information content (AvgIpc) is 2.35. The van der Waals surface area contributed by atoms with Gasteiger partial charge < -0.3 is 4.74 Å². The number of hydrogen-bond acceptors (Lipinski definition) is 5. The van der Waals surface area contributed by atoms with Gasteiger partial charge in [-0.1, -0.05) is 0 Å². The summed E-state index contributed by atoms with van der Waals surface area (Å²) >= 11 is 0. The minimum Gasteiger partial charge on any atom is -0.443 e. The Morgan fingerprint density at radius 1 is 1.30 bits per heavy atom. The Bertz CT molecular complexity index is 545. The fourth-order valence-electron chi connectivity index (χ4n) is 1.15. The number of aliphatic imine (C=N–C) groups is 1. The smallest absolute Gasteiger partial charge is 0.422 e. The molecule has 7 nitrogen and oxygen atoms in total. The third-order valence-electron chi connectivity index (χ3n) is 1.87. The predicted molar refractivity (Wildman–Crippen MR) is 73.1 cm³/mol. The Morgan fingerprint density at radius 2 is 1.90 bits per heavy atom. The van der Waals surface area contributed by atoms with Crippen LogP contribution < -0.4 is 10.3 Å². The molecule has 1 amide bonds. The number of benzene rings is 1. The SMILES string of the molecule is CC(C)(C)OC(=O)NNS(=O)c1ccc(N=C=O)cc1. The van der Waals surface area contributed by atoms with Gasteiger partial charge in [0.15, 0.2) is 0 Å². The average molecular weight is 297 g/mol. The summed E-state index contributed by atoms with van der Waals surface area (Å²) in [6.45, 7) is 5.15. The maximum atomic E-state index is 11.8. The van der Waals surface area contributed by atoms with Crippen LogP contribution in [-0.4, -0.2) is 22.0 Å². The van der Waals surface area contributed by atoms with Crippen molar-refractivity contribution in [1.82, 2.24) is 10.3 Å². The molecule has 0 spiro atoms. The van der Waals surface area contributed by atoms with Crippen LogP contribution in [0.3, 0.4) is 0 Å². The molecule has 0 bridgehead atoms. The highest BCUT2D eigenvalue weighted by atomic mass is 32.2. The fraction of sp³-hybridized carbons (Fsp3) is 0.333. The number of nitrogens with one attached hydrogen (secondary N) is 2. The summed E-state index contributed by atoms with van der Waals surface area (Å²) in [7, 11) is -1.65. The first-order chi connectivity index (χ1) is 9.31. The van der Waals surface area contributed by atoms with Gasteiger partial charge in [-0.2, -0.15) is 4.99 Å². The molecule has 0 aliphatic rings. The van der Waals surface area contributed by atoms with E-state index in [1.165, 1.54) is 30.3 Å². The van der Waals surface area contributed by atoms with Crippen LogP contribution in [0.5, 0.6) is 0 Å². The molecule has 20 heavy (non-hydrogen) atoms. The van der Waals surface area contributed by atoms with Gasteiger partial charge in [-0.15, -0.1) is 4.83 Å². The van der Waals surface area contributed by atoms with Gasteiger partial charge in [0.1, 0.15) is 16.6 Å². The van der Waals surface area contributed by atoms with Gasteiger partial charge in [-0.25, -0.2) is 19.2 Å². The van der Waals surface area contributed by atoms with E-state index in [0.717, 1.165) is 0 Å². The molecule has 0 radical (unpaired) electrons. The summed E-state index contributed by atoms with van der Waals surface area (Å²) in [4.78, 5) is 27.5. The van der Waals surface area contributed by atoms with Crippen LogP contribution >= 0.6 is 0 Å². The van der Waals surface area contributed by atoms with Crippen molar-refractivity contribution < 1.29 is 18.5 Å². The number of isocyanates is 1. The zero-order valence-corrected chi connectivity index (χ0v) is 12.1. The molecule has 1 aromatic carbocycles. The Balaban J connectivity index is 2.54. The summed E-state index contributed by atoms with van der Waals surface area (Å²) < 4.78 is 16.8. The molecule has 1 rings (SSSR count). The Morgan fingerprint density at radius 3 is 2.40 bits per heavy atom. The first kappa shape index (κ1) is 16.0. The predicted octanol–water partition coefficient (Wildman–Crippen LogP) is 1.71. The van der Waals surface area contributed by atoms with Crippen LogP contribution in [0.2, 0.25) is 0 Å². The van der Waals surface area contributed by atoms with Crippen LogP contribution in [-0.2, 0) is 20.5 Å². The van der Waals surface area contributed by atoms with Crippen LogP contribution in [0.4, 0.5) is 10.5 Å². The van der Waals surface area contributed by atoms with E-state index in [-0.39, 0.29) is 0 Å². The quantitative estimate of drug-likeness (QED) is 0.502. The normalized spacial score (nSPS) is 12.2. The molecule has 0 heterocycles. The van der Waals surface area contributed by atoms with Gasteiger partial charge in [0, 0.05) is 0 Å². The topological polar surface area (TPSA) is 96.9 Å². The highest BCUT2D eigenvalue weighted by Gasteiger charge is 2.16. The second-order valence-electron chi connectivity index (χ2n) is 4.69. The van der Waals surface area contributed by atoms with E-state index in [4.69, 9.17) is 4.74 Å². The number of carbonyl (C=O) groups excluding carboxylic acids is 2. The van der Waals surface area contributed by atoms with Crippen molar-refractivity contribution in [2.75, 3.05) is 0 Å². The Labute approximate surface area is 119 Å². The summed E-state index contributed by atoms with van der Waals surface area (Å²) in [5.41, 5.74) is 1.95. The molecule has 0 aliphatic heterocycles. The van der Waals surface area contributed by atoms with Gasteiger partial charge in [-0.05, 0) is 45.0 Å². The van der Waals surface area contributed by atoms with E-state index < -0.39 is 22.7 Å². The molecule has 0 aromatic heterocycles.